The summed E-state index contributed by atoms with van der Waals surface area (Å²) in [4.78, 5) is 26.8. The molecule has 0 radical (unpaired) electrons. The number of ether oxygens (including phenoxy) is 1. The third-order valence-corrected chi connectivity index (χ3v) is 6.96. The summed E-state index contributed by atoms with van der Waals surface area (Å²) in [6, 6.07) is 17.3. The normalized spacial score (nSPS) is 11.4. The molecule has 9 nitrogen and oxygen atoms in total. The number of nitrogens with one attached hydrogen (secondary N) is 2. The molecule has 1 aromatic heterocycles. The topological polar surface area (TPSA) is 119 Å². The van der Waals surface area contributed by atoms with Gasteiger partial charge in [-0.25, -0.2) is 13.1 Å². The Hall–Kier alpha value is -4.02. The summed E-state index contributed by atoms with van der Waals surface area (Å²) in [5.74, 6) is -0.149. The molecular formula is C26H26N4O5S. The molecule has 0 saturated carbocycles. The number of aryl methyl sites for hydroxylation is 4. The van der Waals surface area contributed by atoms with Crippen molar-refractivity contribution < 1.29 is 17.9 Å². The Morgan fingerprint density at radius 3 is 2.22 bits per heavy atom. The summed E-state index contributed by atoms with van der Waals surface area (Å²) in [5.41, 5.74) is 5.90. The van der Waals surface area contributed by atoms with Crippen molar-refractivity contribution in [3.05, 3.63) is 87.7 Å². The van der Waals surface area contributed by atoms with Crippen molar-refractivity contribution in [1.29, 1.82) is 0 Å². The number of hydrogen-bond donors (Lipinski definition) is 2. The maximum atomic E-state index is 12.5. The third-order valence-electron chi connectivity index (χ3n) is 5.69. The molecule has 4 aromatic rings. The first-order valence-corrected chi connectivity index (χ1v) is 12.6. The summed E-state index contributed by atoms with van der Waals surface area (Å²) in [7, 11) is -2.29. The first-order valence-electron chi connectivity index (χ1n) is 11.1. The Morgan fingerprint density at radius 2 is 1.58 bits per heavy atom. The minimum Gasteiger partial charge on any atom is -0.483 e. The van der Waals surface area contributed by atoms with E-state index in [2.05, 4.69) is 15.4 Å². The van der Waals surface area contributed by atoms with Gasteiger partial charge in [-0.15, -0.1) is 4.83 Å². The van der Waals surface area contributed by atoms with Gasteiger partial charge in [-0.2, -0.15) is 5.10 Å². The van der Waals surface area contributed by atoms with Crippen LogP contribution in [0, 0.1) is 20.8 Å². The monoisotopic (exact) mass is 506 g/mol. The predicted molar refractivity (Wildman–Crippen MR) is 137 cm³/mol. The molecule has 1 heterocycles. The van der Waals surface area contributed by atoms with Crippen molar-refractivity contribution in [2.45, 2.75) is 25.7 Å². The van der Waals surface area contributed by atoms with Gasteiger partial charge in [-0.05, 0) is 62.2 Å². The van der Waals surface area contributed by atoms with E-state index in [0.29, 0.717) is 16.8 Å². The number of carbonyl (C=O) groups excluding carboxylic acids is 1. The average molecular weight is 507 g/mol. The molecule has 0 aliphatic rings. The maximum Gasteiger partial charge on any atom is 0.274 e. The molecule has 1 amide bonds. The van der Waals surface area contributed by atoms with Crippen LogP contribution in [-0.4, -0.2) is 30.7 Å². The zero-order valence-electron chi connectivity index (χ0n) is 20.3. The summed E-state index contributed by atoms with van der Waals surface area (Å²) in [6.07, 6.45) is 0. The third kappa shape index (κ3) is 5.14. The van der Waals surface area contributed by atoms with Crippen LogP contribution in [0.5, 0.6) is 5.75 Å². The fraction of sp³-hybridized carbons (Fsp3) is 0.192. The lowest BCUT2D eigenvalue weighted by molar-refractivity contribution is -0.123. The first-order chi connectivity index (χ1) is 17.1. The van der Waals surface area contributed by atoms with Gasteiger partial charge in [0.1, 0.15) is 5.75 Å². The van der Waals surface area contributed by atoms with E-state index < -0.39 is 22.5 Å². The second kappa shape index (κ2) is 9.92. The number of benzene rings is 3. The van der Waals surface area contributed by atoms with Crippen LogP contribution in [0.2, 0.25) is 0 Å². The van der Waals surface area contributed by atoms with Crippen LogP contribution in [0.4, 0.5) is 0 Å². The van der Waals surface area contributed by atoms with E-state index >= 15 is 0 Å². The SMILES string of the molecule is Cc1ccc(S(=O)(=O)NNC(=O)COc2c(C)cc(-c3nn(C)c(=O)c4ccccc34)cc2C)cc1. The van der Waals surface area contributed by atoms with Crippen molar-refractivity contribution in [2.24, 2.45) is 7.05 Å². The summed E-state index contributed by atoms with van der Waals surface area (Å²) >= 11 is 0. The highest BCUT2D eigenvalue weighted by Gasteiger charge is 2.17. The molecule has 0 unspecified atom stereocenters. The summed E-state index contributed by atoms with van der Waals surface area (Å²) in [6.45, 7) is 5.14. The van der Waals surface area contributed by atoms with Crippen LogP contribution in [0.15, 0.2) is 70.4 Å². The van der Waals surface area contributed by atoms with E-state index in [9.17, 15) is 18.0 Å². The number of sulfonamides is 1. The molecule has 0 atom stereocenters. The van der Waals surface area contributed by atoms with Crippen LogP contribution < -0.4 is 20.6 Å². The second-order valence-electron chi connectivity index (χ2n) is 8.52. The van der Waals surface area contributed by atoms with Crippen LogP contribution >= 0.6 is 0 Å². The zero-order valence-corrected chi connectivity index (χ0v) is 21.1. The van der Waals surface area contributed by atoms with E-state index in [1.54, 1.807) is 25.2 Å². The molecule has 4 rings (SSSR count). The number of aromatic nitrogens is 2. The highest BCUT2D eigenvalue weighted by molar-refractivity contribution is 7.89. The fourth-order valence-corrected chi connectivity index (χ4v) is 4.76. The number of nitrogens with zero attached hydrogens (tertiary/aromatic N) is 2. The molecule has 186 valence electrons. The molecule has 0 spiro atoms. The van der Waals surface area contributed by atoms with Crippen molar-refractivity contribution >= 4 is 26.7 Å². The summed E-state index contributed by atoms with van der Waals surface area (Å²) in [5, 5.41) is 5.79. The van der Waals surface area contributed by atoms with E-state index in [4.69, 9.17) is 4.74 Å². The van der Waals surface area contributed by atoms with Gasteiger partial charge >= 0.3 is 0 Å². The highest BCUT2D eigenvalue weighted by Crippen LogP contribution is 2.32. The summed E-state index contributed by atoms with van der Waals surface area (Å²) < 4.78 is 31.7. The number of hydrazine groups is 1. The van der Waals surface area contributed by atoms with Crippen LogP contribution in [-0.2, 0) is 21.9 Å². The van der Waals surface area contributed by atoms with Crippen LogP contribution in [0.25, 0.3) is 22.0 Å². The lowest BCUT2D eigenvalue weighted by Gasteiger charge is -2.15. The molecule has 2 N–H and O–H groups in total. The molecule has 0 fully saturated rings. The fourth-order valence-electron chi connectivity index (χ4n) is 3.90. The smallest absolute Gasteiger partial charge is 0.274 e. The first kappa shape index (κ1) is 25.1. The number of carbonyl (C=O) groups is 1. The highest BCUT2D eigenvalue weighted by atomic mass is 32.2. The lowest BCUT2D eigenvalue weighted by Crippen LogP contribution is -2.43. The average Bonchev–Trinajstić information content (AvgIpc) is 2.84. The number of rotatable bonds is 7. The number of amides is 1. The van der Waals surface area contributed by atoms with Gasteiger partial charge in [-0.3, -0.25) is 15.0 Å². The Morgan fingerprint density at radius 1 is 0.972 bits per heavy atom. The molecule has 0 aliphatic heterocycles. The van der Waals surface area contributed by atoms with E-state index in [0.717, 1.165) is 27.6 Å². The van der Waals surface area contributed by atoms with Gasteiger partial charge in [0.15, 0.2) is 6.61 Å². The Bertz CT molecular complexity index is 1600. The predicted octanol–water partition coefficient (Wildman–Crippen LogP) is 2.91. The molecule has 0 bridgehead atoms. The van der Waals surface area contributed by atoms with Gasteiger partial charge in [0, 0.05) is 18.0 Å². The van der Waals surface area contributed by atoms with E-state index in [-0.39, 0.29) is 10.5 Å². The molecule has 36 heavy (non-hydrogen) atoms. The Labute approximate surface area is 208 Å². The van der Waals surface area contributed by atoms with Crippen molar-refractivity contribution in [2.75, 3.05) is 6.61 Å². The van der Waals surface area contributed by atoms with Gasteiger partial charge < -0.3 is 4.74 Å². The Balaban J connectivity index is 1.49. The number of hydrogen-bond acceptors (Lipinski definition) is 6. The molecular weight excluding hydrogens is 480 g/mol. The standard InChI is InChI=1S/C26H26N4O5S/c1-16-9-11-20(12-10-16)36(33,34)29-27-23(31)15-35-25-17(2)13-19(14-18(25)3)24-21-7-5-6-8-22(21)26(32)30(4)28-24/h5-14,29H,15H2,1-4H3,(H,27,31). The second-order valence-corrected chi connectivity index (χ2v) is 10.2. The maximum absolute atomic E-state index is 12.5. The minimum atomic E-state index is -3.90. The van der Waals surface area contributed by atoms with E-state index in [1.165, 1.54) is 16.8 Å². The molecule has 0 aliphatic carbocycles. The molecule has 10 heteroatoms. The van der Waals surface area contributed by atoms with Gasteiger partial charge in [0.25, 0.3) is 21.5 Å². The zero-order chi connectivity index (χ0) is 26.0. The van der Waals surface area contributed by atoms with Crippen LogP contribution in [0.1, 0.15) is 16.7 Å². The molecule has 0 saturated heterocycles. The minimum absolute atomic E-state index is 0.0381. The van der Waals surface area contributed by atoms with Gasteiger partial charge in [-0.1, -0.05) is 35.9 Å². The molecule has 3 aromatic carbocycles. The van der Waals surface area contributed by atoms with Gasteiger partial charge in [0.05, 0.1) is 16.0 Å². The van der Waals surface area contributed by atoms with Gasteiger partial charge in [0.2, 0.25) is 0 Å². The van der Waals surface area contributed by atoms with Crippen molar-refractivity contribution in [1.82, 2.24) is 20.0 Å². The largest absolute Gasteiger partial charge is 0.483 e. The van der Waals surface area contributed by atoms with Crippen molar-refractivity contribution in [3.8, 4) is 17.0 Å². The Kier molecular flexibility index (Phi) is 6.91. The van der Waals surface area contributed by atoms with E-state index in [1.807, 2.05) is 51.1 Å². The number of fused-ring (bicyclic) bond motifs is 1. The quantitative estimate of drug-likeness (QED) is 0.372. The lowest BCUT2D eigenvalue weighted by atomic mass is 10.00. The van der Waals surface area contributed by atoms with Crippen molar-refractivity contribution in [3.63, 3.8) is 0 Å². The van der Waals surface area contributed by atoms with Crippen LogP contribution in [0.3, 0.4) is 0 Å².